The van der Waals surface area contributed by atoms with E-state index in [0.717, 1.165) is 24.5 Å². The first-order chi connectivity index (χ1) is 8.78. The van der Waals surface area contributed by atoms with E-state index in [1.165, 1.54) is 0 Å². The summed E-state index contributed by atoms with van der Waals surface area (Å²) >= 11 is 0. The summed E-state index contributed by atoms with van der Waals surface area (Å²) in [5, 5.41) is 7.58. The Hall–Kier alpha value is -2.04. The molecule has 0 bridgehead atoms. The summed E-state index contributed by atoms with van der Waals surface area (Å²) in [7, 11) is 1.92. The number of rotatable bonds is 6. The van der Waals surface area contributed by atoms with Gasteiger partial charge in [-0.2, -0.15) is 10.1 Å². The summed E-state index contributed by atoms with van der Waals surface area (Å²) in [6.45, 7) is 3.38. The highest BCUT2D eigenvalue weighted by molar-refractivity contribution is 5.37. The molecule has 5 nitrogen and oxygen atoms in total. The first-order valence-corrected chi connectivity index (χ1v) is 6.10. The molecule has 2 aromatic heterocycles. The van der Waals surface area contributed by atoms with Crippen LogP contribution < -0.4 is 10.1 Å². The lowest BCUT2D eigenvalue weighted by atomic mass is 10.3. The van der Waals surface area contributed by atoms with Gasteiger partial charge in [0.2, 0.25) is 5.88 Å². The molecular weight excluding hydrogens is 228 g/mol. The molecule has 2 rings (SSSR count). The van der Waals surface area contributed by atoms with E-state index < -0.39 is 0 Å². The Morgan fingerprint density at radius 3 is 2.94 bits per heavy atom. The van der Waals surface area contributed by atoms with Crippen molar-refractivity contribution in [2.24, 2.45) is 7.05 Å². The van der Waals surface area contributed by atoms with Gasteiger partial charge >= 0.3 is 0 Å². The third-order valence-corrected chi connectivity index (χ3v) is 2.47. The molecule has 2 heterocycles. The molecular formula is C13H18N4O. The normalized spacial score (nSPS) is 10.3. The summed E-state index contributed by atoms with van der Waals surface area (Å²) in [6, 6.07) is 7.74. The van der Waals surface area contributed by atoms with Crippen LogP contribution in [0.2, 0.25) is 0 Å². The lowest BCUT2D eigenvalue weighted by Crippen LogP contribution is -2.07. The molecule has 2 aromatic rings. The fourth-order valence-electron chi connectivity index (χ4n) is 1.66. The predicted molar refractivity (Wildman–Crippen MR) is 70.8 cm³/mol. The van der Waals surface area contributed by atoms with Gasteiger partial charge < -0.3 is 10.1 Å². The third-order valence-electron chi connectivity index (χ3n) is 2.47. The van der Waals surface area contributed by atoms with E-state index in [4.69, 9.17) is 4.74 Å². The van der Waals surface area contributed by atoms with Crippen molar-refractivity contribution in [2.45, 2.75) is 13.3 Å². The fourth-order valence-corrected chi connectivity index (χ4v) is 1.66. The van der Waals surface area contributed by atoms with Crippen LogP contribution in [-0.2, 0) is 13.5 Å². The average molecular weight is 246 g/mol. The van der Waals surface area contributed by atoms with E-state index in [2.05, 4.69) is 15.4 Å². The molecule has 0 saturated carbocycles. The Morgan fingerprint density at radius 1 is 1.33 bits per heavy atom. The maximum absolute atomic E-state index is 5.35. The number of aromatic nitrogens is 3. The molecule has 0 unspecified atom stereocenters. The molecule has 0 saturated heterocycles. The van der Waals surface area contributed by atoms with Crippen LogP contribution in [0.4, 0.5) is 5.82 Å². The maximum atomic E-state index is 5.35. The van der Waals surface area contributed by atoms with Crippen molar-refractivity contribution in [2.75, 3.05) is 18.5 Å². The molecule has 0 fully saturated rings. The van der Waals surface area contributed by atoms with E-state index in [1.807, 2.05) is 49.1 Å². The second-order valence-electron chi connectivity index (χ2n) is 3.95. The molecule has 0 amide bonds. The van der Waals surface area contributed by atoms with Crippen LogP contribution in [0.1, 0.15) is 12.6 Å². The van der Waals surface area contributed by atoms with Gasteiger partial charge in [-0.25, -0.2) is 0 Å². The molecule has 0 radical (unpaired) electrons. The number of aryl methyl sites for hydroxylation is 1. The summed E-state index contributed by atoms with van der Waals surface area (Å²) in [5.41, 5.74) is 1.07. The third kappa shape index (κ3) is 3.48. The molecule has 0 spiro atoms. The van der Waals surface area contributed by atoms with E-state index in [1.54, 1.807) is 0 Å². The van der Waals surface area contributed by atoms with E-state index in [9.17, 15) is 0 Å². The summed E-state index contributed by atoms with van der Waals surface area (Å²) in [5.74, 6) is 1.48. The number of anilines is 1. The second-order valence-corrected chi connectivity index (χ2v) is 3.95. The Morgan fingerprint density at radius 2 is 2.22 bits per heavy atom. The molecule has 0 aliphatic carbocycles. The average Bonchev–Trinajstić information content (AvgIpc) is 2.76. The quantitative estimate of drug-likeness (QED) is 0.845. The fraction of sp³-hybridized carbons (Fsp3) is 0.385. The number of hydrogen-bond donors (Lipinski definition) is 1. The second kappa shape index (κ2) is 6.05. The number of nitrogens with zero attached hydrogens (tertiary/aromatic N) is 3. The molecule has 96 valence electrons. The van der Waals surface area contributed by atoms with Gasteiger partial charge in [0.05, 0.1) is 12.3 Å². The van der Waals surface area contributed by atoms with Gasteiger partial charge in [0, 0.05) is 32.3 Å². The maximum Gasteiger partial charge on any atom is 0.215 e. The summed E-state index contributed by atoms with van der Waals surface area (Å²) < 4.78 is 7.16. The van der Waals surface area contributed by atoms with Crippen molar-refractivity contribution < 1.29 is 4.74 Å². The van der Waals surface area contributed by atoms with Crippen LogP contribution in [0, 0.1) is 0 Å². The molecule has 18 heavy (non-hydrogen) atoms. The molecule has 0 aromatic carbocycles. The molecule has 1 N–H and O–H groups in total. The Bertz CT molecular complexity index is 495. The number of hydrogen-bond acceptors (Lipinski definition) is 4. The lowest BCUT2D eigenvalue weighted by Gasteiger charge is -2.06. The van der Waals surface area contributed by atoms with Crippen molar-refractivity contribution in [1.29, 1.82) is 0 Å². The first kappa shape index (κ1) is 12.4. The zero-order chi connectivity index (χ0) is 12.8. The lowest BCUT2D eigenvalue weighted by molar-refractivity contribution is 0.327. The Kier molecular flexibility index (Phi) is 4.17. The Balaban J connectivity index is 1.84. The largest absolute Gasteiger partial charge is 0.478 e. The van der Waals surface area contributed by atoms with Gasteiger partial charge in [-0.3, -0.25) is 4.68 Å². The molecule has 5 heteroatoms. The van der Waals surface area contributed by atoms with Crippen molar-refractivity contribution in [1.82, 2.24) is 14.8 Å². The zero-order valence-electron chi connectivity index (χ0n) is 10.8. The predicted octanol–water partition coefficient (Wildman–Crippen LogP) is 1.87. The minimum absolute atomic E-state index is 0.629. The van der Waals surface area contributed by atoms with E-state index in [0.29, 0.717) is 12.5 Å². The van der Waals surface area contributed by atoms with Crippen LogP contribution >= 0.6 is 0 Å². The van der Waals surface area contributed by atoms with E-state index >= 15 is 0 Å². The first-order valence-electron chi connectivity index (χ1n) is 6.10. The summed E-state index contributed by atoms with van der Waals surface area (Å²) in [6.07, 6.45) is 2.82. The van der Waals surface area contributed by atoms with Crippen LogP contribution in [0.15, 0.2) is 30.5 Å². The topological polar surface area (TPSA) is 52.0 Å². The number of nitrogens with one attached hydrogen (secondary N) is 1. The highest BCUT2D eigenvalue weighted by atomic mass is 16.5. The standard InChI is InChI=1S/C13H18N4O/c1-3-18-13-6-4-5-12(15-13)14-9-7-11-8-10-17(2)16-11/h4-6,8,10H,3,7,9H2,1-2H3,(H,14,15). The SMILES string of the molecule is CCOc1cccc(NCCc2ccn(C)n2)n1. The minimum Gasteiger partial charge on any atom is -0.478 e. The monoisotopic (exact) mass is 246 g/mol. The molecule has 0 aliphatic rings. The van der Waals surface area contributed by atoms with Crippen molar-refractivity contribution in [3.05, 3.63) is 36.2 Å². The van der Waals surface area contributed by atoms with Gasteiger partial charge in [0.15, 0.2) is 0 Å². The molecule has 0 aliphatic heterocycles. The van der Waals surface area contributed by atoms with Crippen LogP contribution in [-0.4, -0.2) is 27.9 Å². The van der Waals surface area contributed by atoms with Crippen LogP contribution in [0.25, 0.3) is 0 Å². The van der Waals surface area contributed by atoms with Crippen molar-refractivity contribution >= 4 is 5.82 Å². The van der Waals surface area contributed by atoms with E-state index in [-0.39, 0.29) is 0 Å². The highest BCUT2D eigenvalue weighted by Gasteiger charge is 1.99. The van der Waals surface area contributed by atoms with Gasteiger partial charge in [-0.15, -0.1) is 0 Å². The van der Waals surface area contributed by atoms with Gasteiger partial charge in [-0.05, 0) is 19.1 Å². The molecule has 0 atom stereocenters. The highest BCUT2D eigenvalue weighted by Crippen LogP contribution is 2.11. The minimum atomic E-state index is 0.629. The number of pyridine rings is 1. The smallest absolute Gasteiger partial charge is 0.215 e. The van der Waals surface area contributed by atoms with Crippen molar-refractivity contribution in [3.63, 3.8) is 0 Å². The van der Waals surface area contributed by atoms with Gasteiger partial charge in [0.1, 0.15) is 5.82 Å². The van der Waals surface area contributed by atoms with Crippen LogP contribution in [0.3, 0.4) is 0 Å². The van der Waals surface area contributed by atoms with Crippen LogP contribution in [0.5, 0.6) is 5.88 Å². The van der Waals surface area contributed by atoms with Crippen molar-refractivity contribution in [3.8, 4) is 5.88 Å². The summed E-state index contributed by atoms with van der Waals surface area (Å²) in [4.78, 5) is 4.34. The number of ether oxygens (including phenoxy) is 1. The Labute approximate surface area is 107 Å². The zero-order valence-corrected chi connectivity index (χ0v) is 10.8. The van der Waals surface area contributed by atoms with Gasteiger partial charge in [-0.1, -0.05) is 6.07 Å². The van der Waals surface area contributed by atoms with Gasteiger partial charge in [0.25, 0.3) is 0 Å².